The van der Waals surface area contributed by atoms with Crippen molar-refractivity contribution in [3.05, 3.63) is 27.5 Å². The molecule has 1 aromatic heterocycles. The van der Waals surface area contributed by atoms with Gasteiger partial charge in [-0.25, -0.2) is 0 Å². The first-order valence-corrected chi connectivity index (χ1v) is 5.53. The van der Waals surface area contributed by atoms with E-state index in [0.29, 0.717) is 18.8 Å². The smallest absolute Gasteiger partial charge is 0.271 e. The lowest BCUT2D eigenvalue weighted by molar-refractivity contribution is 0.124. The van der Waals surface area contributed by atoms with E-state index < -0.39 is 5.56 Å². The van der Waals surface area contributed by atoms with Crippen LogP contribution in [0, 0.1) is 18.3 Å². The molecule has 0 saturated heterocycles. The lowest BCUT2D eigenvalue weighted by atomic mass is 10.2. The van der Waals surface area contributed by atoms with Gasteiger partial charge in [0.15, 0.2) is 5.88 Å². The van der Waals surface area contributed by atoms with Crippen molar-refractivity contribution in [2.24, 2.45) is 0 Å². The van der Waals surface area contributed by atoms with Gasteiger partial charge in [-0.15, -0.1) is 0 Å². The Balaban J connectivity index is 2.93. The Bertz CT molecular complexity index is 486. The van der Waals surface area contributed by atoms with Gasteiger partial charge in [0.2, 0.25) is 0 Å². The standard InChI is InChI=1S/C12H16N2O3/c1-3-5-17-6-4-14-11(15)7-9(2)10(8-13)12(14)16/h7,15H,3-6H2,1-2H3. The van der Waals surface area contributed by atoms with Crippen molar-refractivity contribution in [3.8, 4) is 11.9 Å². The molecular weight excluding hydrogens is 220 g/mol. The first kappa shape index (κ1) is 13.3. The molecule has 1 heterocycles. The highest BCUT2D eigenvalue weighted by atomic mass is 16.5. The second kappa shape index (κ2) is 6.06. The first-order chi connectivity index (χ1) is 8.11. The van der Waals surface area contributed by atoms with Crippen molar-refractivity contribution in [1.29, 1.82) is 5.26 Å². The number of aromatic nitrogens is 1. The van der Waals surface area contributed by atoms with E-state index in [4.69, 9.17) is 10.00 Å². The fraction of sp³-hybridized carbons (Fsp3) is 0.500. The van der Waals surface area contributed by atoms with Gasteiger partial charge >= 0.3 is 0 Å². The Morgan fingerprint density at radius 3 is 2.82 bits per heavy atom. The van der Waals surface area contributed by atoms with Crippen LogP contribution < -0.4 is 5.56 Å². The molecule has 0 saturated carbocycles. The lowest BCUT2D eigenvalue weighted by Gasteiger charge is -2.10. The minimum atomic E-state index is -0.468. The average Bonchev–Trinajstić information content (AvgIpc) is 2.28. The molecule has 0 bridgehead atoms. The average molecular weight is 236 g/mol. The van der Waals surface area contributed by atoms with E-state index in [1.165, 1.54) is 6.07 Å². The zero-order valence-electron chi connectivity index (χ0n) is 10.1. The van der Waals surface area contributed by atoms with Gasteiger partial charge < -0.3 is 9.84 Å². The van der Waals surface area contributed by atoms with E-state index in [9.17, 15) is 9.90 Å². The van der Waals surface area contributed by atoms with Crippen molar-refractivity contribution in [3.63, 3.8) is 0 Å². The number of aryl methyl sites for hydroxylation is 1. The molecule has 0 radical (unpaired) electrons. The molecule has 0 amide bonds. The second-order valence-electron chi connectivity index (χ2n) is 3.74. The first-order valence-electron chi connectivity index (χ1n) is 5.53. The summed E-state index contributed by atoms with van der Waals surface area (Å²) in [4.78, 5) is 11.8. The molecule has 0 atom stereocenters. The van der Waals surface area contributed by atoms with Crippen LogP contribution >= 0.6 is 0 Å². The quantitative estimate of drug-likeness (QED) is 0.778. The monoisotopic (exact) mass is 236 g/mol. The summed E-state index contributed by atoms with van der Waals surface area (Å²) < 4.78 is 6.40. The second-order valence-corrected chi connectivity index (χ2v) is 3.74. The minimum Gasteiger partial charge on any atom is -0.494 e. The number of nitrogens with zero attached hydrogens (tertiary/aromatic N) is 2. The summed E-state index contributed by atoms with van der Waals surface area (Å²) in [7, 11) is 0. The van der Waals surface area contributed by atoms with Crippen molar-refractivity contribution >= 4 is 0 Å². The number of hydrogen-bond acceptors (Lipinski definition) is 4. The minimum absolute atomic E-state index is 0.0679. The van der Waals surface area contributed by atoms with Crippen LogP contribution in [0.5, 0.6) is 5.88 Å². The Morgan fingerprint density at radius 1 is 1.53 bits per heavy atom. The van der Waals surface area contributed by atoms with Crippen molar-refractivity contribution in [1.82, 2.24) is 4.57 Å². The van der Waals surface area contributed by atoms with Crippen LogP contribution in [0.4, 0.5) is 0 Å². The summed E-state index contributed by atoms with van der Waals surface area (Å²) in [5.74, 6) is -0.133. The van der Waals surface area contributed by atoms with E-state index in [2.05, 4.69) is 0 Å². The molecule has 0 aromatic carbocycles. The topological polar surface area (TPSA) is 75.2 Å². The van der Waals surface area contributed by atoms with Crippen LogP contribution in [0.15, 0.2) is 10.9 Å². The van der Waals surface area contributed by atoms with E-state index >= 15 is 0 Å². The largest absolute Gasteiger partial charge is 0.494 e. The normalized spacial score (nSPS) is 10.2. The van der Waals surface area contributed by atoms with E-state index in [1.807, 2.05) is 13.0 Å². The van der Waals surface area contributed by atoms with Gasteiger partial charge in [-0.05, 0) is 18.9 Å². The molecule has 0 spiro atoms. The summed E-state index contributed by atoms with van der Waals surface area (Å²) >= 11 is 0. The Labute approximate surface area is 99.9 Å². The van der Waals surface area contributed by atoms with Crippen molar-refractivity contribution in [2.45, 2.75) is 26.8 Å². The number of ether oxygens (including phenoxy) is 1. The van der Waals surface area contributed by atoms with Gasteiger partial charge in [0, 0.05) is 12.7 Å². The van der Waals surface area contributed by atoms with Crippen LogP contribution in [-0.2, 0) is 11.3 Å². The Morgan fingerprint density at radius 2 is 2.24 bits per heavy atom. The summed E-state index contributed by atoms with van der Waals surface area (Å²) in [5.41, 5.74) is 0.0871. The summed E-state index contributed by atoms with van der Waals surface area (Å²) in [6, 6.07) is 3.26. The number of pyridine rings is 1. The molecule has 5 heteroatoms. The molecule has 0 aliphatic rings. The maximum Gasteiger partial charge on any atom is 0.271 e. The predicted molar refractivity (Wildman–Crippen MR) is 62.9 cm³/mol. The maximum atomic E-state index is 11.8. The summed E-state index contributed by atoms with van der Waals surface area (Å²) in [6.45, 7) is 4.82. The van der Waals surface area contributed by atoms with Gasteiger partial charge in [-0.1, -0.05) is 6.92 Å². The van der Waals surface area contributed by atoms with Gasteiger partial charge in [0.25, 0.3) is 5.56 Å². The molecule has 1 rings (SSSR count). The van der Waals surface area contributed by atoms with Crippen molar-refractivity contribution in [2.75, 3.05) is 13.2 Å². The summed E-state index contributed by atoms with van der Waals surface area (Å²) in [6.07, 6.45) is 0.901. The number of rotatable bonds is 5. The molecule has 17 heavy (non-hydrogen) atoms. The van der Waals surface area contributed by atoms with Crippen LogP contribution in [0.25, 0.3) is 0 Å². The molecule has 5 nitrogen and oxygen atoms in total. The van der Waals surface area contributed by atoms with Crippen LogP contribution in [0.1, 0.15) is 24.5 Å². The molecule has 0 fully saturated rings. The number of hydrogen-bond donors (Lipinski definition) is 1. The van der Waals surface area contributed by atoms with Gasteiger partial charge in [0.05, 0.1) is 13.2 Å². The highest BCUT2D eigenvalue weighted by Gasteiger charge is 2.11. The van der Waals surface area contributed by atoms with Crippen LogP contribution in [0.3, 0.4) is 0 Å². The van der Waals surface area contributed by atoms with Crippen LogP contribution in [-0.4, -0.2) is 22.9 Å². The number of aromatic hydroxyl groups is 1. The third kappa shape index (κ3) is 3.08. The third-order valence-corrected chi connectivity index (χ3v) is 2.40. The Hall–Kier alpha value is -1.80. The van der Waals surface area contributed by atoms with Gasteiger partial charge in [-0.3, -0.25) is 9.36 Å². The molecule has 0 aliphatic heterocycles. The molecule has 0 unspecified atom stereocenters. The zero-order valence-corrected chi connectivity index (χ0v) is 10.1. The van der Waals surface area contributed by atoms with E-state index in [1.54, 1.807) is 6.92 Å². The van der Waals surface area contributed by atoms with E-state index in [-0.39, 0.29) is 18.0 Å². The maximum absolute atomic E-state index is 11.8. The van der Waals surface area contributed by atoms with Gasteiger partial charge in [-0.2, -0.15) is 5.26 Å². The Kier molecular flexibility index (Phi) is 4.73. The van der Waals surface area contributed by atoms with Crippen LogP contribution in [0.2, 0.25) is 0 Å². The lowest BCUT2D eigenvalue weighted by Crippen LogP contribution is -2.25. The van der Waals surface area contributed by atoms with Crippen molar-refractivity contribution < 1.29 is 9.84 Å². The molecule has 92 valence electrons. The number of nitriles is 1. The fourth-order valence-corrected chi connectivity index (χ4v) is 1.51. The summed E-state index contributed by atoms with van der Waals surface area (Å²) in [5, 5.41) is 18.5. The molecule has 1 aromatic rings. The SMILES string of the molecule is CCCOCCn1c(O)cc(C)c(C#N)c1=O. The van der Waals surface area contributed by atoms with Gasteiger partial charge in [0.1, 0.15) is 11.6 Å². The highest BCUT2D eigenvalue weighted by molar-refractivity contribution is 5.37. The van der Waals surface area contributed by atoms with E-state index in [0.717, 1.165) is 11.0 Å². The molecule has 1 N–H and O–H groups in total. The highest BCUT2D eigenvalue weighted by Crippen LogP contribution is 2.11. The molecule has 0 aliphatic carbocycles. The molecular formula is C12H16N2O3. The predicted octanol–water partition coefficient (Wildman–Crippen LogP) is 1.16. The zero-order chi connectivity index (χ0) is 12.8. The third-order valence-electron chi connectivity index (χ3n) is 2.40. The fourth-order valence-electron chi connectivity index (χ4n) is 1.51.